The number of aromatic nitrogens is 1. The van der Waals surface area contributed by atoms with Gasteiger partial charge in [-0.15, -0.1) is 11.8 Å². The first-order chi connectivity index (χ1) is 16.0. The summed E-state index contributed by atoms with van der Waals surface area (Å²) in [6.45, 7) is 0.619. The third kappa shape index (κ3) is 4.81. The molecule has 1 aliphatic heterocycles. The van der Waals surface area contributed by atoms with Gasteiger partial charge in [0.25, 0.3) is 0 Å². The minimum absolute atomic E-state index is 0.107. The van der Waals surface area contributed by atoms with Crippen LogP contribution in [0.5, 0.6) is 5.88 Å². The number of ether oxygens (including phenoxy) is 1. The number of thiophene rings is 1. The van der Waals surface area contributed by atoms with Crippen molar-refractivity contribution in [1.29, 1.82) is 0 Å². The van der Waals surface area contributed by atoms with E-state index in [-0.39, 0.29) is 18.1 Å². The molecule has 1 aromatic carbocycles. The lowest BCUT2D eigenvalue weighted by atomic mass is 9.79. The van der Waals surface area contributed by atoms with E-state index in [1.807, 2.05) is 53.2 Å². The topological polar surface area (TPSA) is 68.3 Å². The molecule has 0 radical (unpaired) electrons. The zero-order valence-electron chi connectivity index (χ0n) is 17.8. The highest BCUT2D eigenvalue weighted by Gasteiger charge is 2.48. The van der Waals surface area contributed by atoms with Gasteiger partial charge in [0.1, 0.15) is 10.8 Å². The number of hydrogen-bond acceptors (Lipinski definition) is 6. The Kier molecular flexibility index (Phi) is 6.45. The first-order valence-electron chi connectivity index (χ1n) is 10.9. The summed E-state index contributed by atoms with van der Waals surface area (Å²) in [6, 6.07) is 14.7. The van der Waals surface area contributed by atoms with Crippen molar-refractivity contribution in [3.63, 3.8) is 0 Å². The molecule has 33 heavy (non-hydrogen) atoms. The number of amides is 1. The second-order valence-corrected chi connectivity index (χ2v) is 10.8. The Labute approximate surface area is 205 Å². The largest absolute Gasteiger partial charge is 0.478 e. The van der Waals surface area contributed by atoms with E-state index in [0.717, 1.165) is 17.9 Å². The Bertz CT molecular complexity index is 1150. The average Bonchev–Trinajstić information content (AvgIpc) is 3.46. The average molecular weight is 499 g/mol. The van der Waals surface area contributed by atoms with Gasteiger partial charge in [0.05, 0.1) is 17.3 Å². The lowest BCUT2D eigenvalue weighted by Crippen LogP contribution is -2.58. The predicted octanol–water partition coefficient (Wildman–Crippen LogP) is 5.47. The van der Waals surface area contributed by atoms with E-state index in [4.69, 9.17) is 21.3 Å². The zero-order valence-corrected chi connectivity index (χ0v) is 20.2. The number of carbonyl (C=O) groups is 2. The summed E-state index contributed by atoms with van der Waals surface area (Å²) in [7, 11) is 0. The van der Waals surface area contributed by atoms with Gasteiger partial charge >= 0.3 is 0 Å². The molecule has 2 aromatic heterocycles. The summed E-state index contributed by atoms with van der Waals surface area (Å²) in [5.41, 5.74) is 0.424. The van der Waals surface area contributed by atoms with E-state index < -0.39 is 10.8 Å². The van der Waals surface area contributed by atoms with Crippen molar-refractivity contribution in [1.82, 2.24) is 10.3 Å². The summed E-state index contributed by atoms with van der Waals surface area (Å²) < 4.78 is 5.89. The molecule has 5 nitrogen and oxygen atoms in total. The second-order valence-electron chi connectivity index (χ2n) is 8.42. The lowest BCUT2D eigenvalue weighted by molar-refractivity contribution is -0.133. The maximum Gasteiger partial charge on any atom is 0.242 e. The van der Waals surface area contributed by atoms with E-state index in [0.29, 0.717) is 28.1 Å². The normalized spacial score (nSPS) is 22.8. The molecule has 170 valence electrons. The highest BCUT2D eigenvalue weighted by atomic mass is 35.5. The van der Waals surface area contributed by atoms with Crippen molar-refractivity contribution >= 4 is 46.4 Å². The summed E-state index contributed by atoms with van der Waals surface area (Å²) >= 11 is 8.97. The molecule has 1 unspecified atom stereocenters. The number of carbonyl (C=O) groups excluding carboxylic acids is 2. The third-order valence-electron chi connectivity index (χ3n) is 6.04. The molecule has 0 spiro atoms. The zero-order chi connectivity index (χ0) is 22.8. The van der Waals surface area contributed by atoms with E-state index in [9.17, 15) is 9.59 Å². The number of piperidine rings is 1. The van der Waals surface area contributed by atoms with Crippen LogP contribution in [0.1, 0.15) is 36.9 Å². The van der Waals surface area contributed by atoms with Crippen molar-refractivity contribution in [2.24, 2.45) is 5.92 Å². The highest BCUT2D eigenvalue weighted by Crippen LogP contribution is 2.41. The number of hydrogen-bond donors (Lipinski definition) is 1. The number of ketones is 1. The first kappa shape index (κ1) is 22.4. The van der Waals surface area contributed by atoms with Crippen molar-refractivity contribution < 1.29 is 14.3 Å². The molecule has 1 saturated heterocycles. The number of rotatable bonds is 8. The molecule has 0 bridgehead atoms. The molecule has 1 saturated carbocycles. The number of nitrogens with zero attached hydrogens (tertiary/aromatic N) is 1. The first-order valence-corrected chi connectivity index (χ1v) is 13.1. The van der Waals surface area contributed by atoms with Crippen molar-refractivity contribution in [3.05, 3.63) is 75.6 Å². The van der Waals surface area contributed by atoms with Gasteiger partial charge in [0.2, 0.25) is 11.8 Å². The molecule has 1 aliphatic carbocycles. The van der Waals surface area contributed by atoms with E-state index in [2.05, 4.69) is 5.32 Å². The molecule has 1 amide bonds. The summed E-state index contributed by atoms with van der Waals surface area (Å²) in [4.78, 5) is 32.1. The smallest absolute Gasteiger partial charge is 0.242 e. The molecular formula is C25H23ClN2O3S2. The SMILES string of the molecule is O=C1C[C@](c2ccsc2)(c2cccc(OCCC3CC3)n2)NC(=O)C1Sc1ccccc1Cl. The molecule has 8 heteroatoms. The molecule has 2 atom stereocenters. The fourth-order valence-corrected chi connectivity index (χ4v) is 6.03. The summed E-state index contributed by atoms with van der Waals surface area (Å²) in [5, 5.41) is 6.70. The standard InChI is InChI=1S/C25H23ClN2O3S2/c26-18-4-1-2-5-20(18)33-23-19(29)14-25(28-24(23)30,17-11-13-32-15-17)21-6-3-7-22(27-21)31-12-10-16-8-9-16/h1-7,11,13,15-16,23H,8-10,12,14H2,(H,28,30)/t23?,25-/m0/s1. The van der Waals surface area contributed by atoms with Crippen LogP contribution in [-0.2, 0) is 15.1 Å². The summed E-state index contributed by atoms with van der Waals surface area (Å²) in [6.07, 6.45) is 3.69. The van der Waals surface area contributed by atoms with Crippen molar-refractivity contribution in [2.75, 3.05) is 6.61 Å². The van der Waals surface area contributed by atoms with Crippen molar-refractivity contribution in [2.45, 2.75) is 41.4 Å². The monoisotopic (exact) mass is 498 g/mol. The molecular weight excluding hydrogens is 476 g/mol. The van der Waals surface area contributed by atoms with Crippen LogP contribution in [0.4, 0.5) is 0 Å². The van der Waals surface area contributed by atoms with E-state index in [1.165, 1.54) is 35.9 Å². The van der Waals surface area contributed by atoms with Crippen LogP contribution < -0.4 is 10.1 Å². The molecule has 3 aromatic rings. The number of pyridine rings is 1. The van der Waals surface area contributed by atoms with Crippen LogP contribution in [0.15, 0.2) is 64.2 Å². The van der Waals surface area contributed by atoms with Gasteiger partial charge in [-0.25, -0.2) is 4.98 Å². The highest BCUT2D eigenvalue weighted by molar-refractivity contribution is 8.01. The van der Waals surface area contributed by atoms with E-state index >= 15 is 0 Å². The number of nitrogens with one attached hydrogen (secondary N) is 1. The van der Waals surface area contributed by atoms with Crippen molar-refractivity contribution in [3.8, 4) is 5.88 Å². The molecule has 3 heterocycles. The molecule has 2 aliphatic rings. The van der Waals surface area contributed by atoms with Crippen LogP contribution in [0.3, 0.4) is 0 Å². The third-order valence-corrected chi connectivity index (χ3v) is 8.48. The Morgan fingerprint density at radius 1 is 1.15 bits per heavy atom. The van der Waals surface area contributed by atoms with Gasteiger partial charge in [-0.3, -0.25) is 9.59 Å². The van der Waals surface area contributed by atoms with Crippen LogP contribution in [-0.4, -0.2) is 28.5 Å². The number of Topliss-reactive ketones (excluding diaryl/α,β-unsaturated/α-hetero) is 1. The van der Waals surface area contributed by atoms with Crippen LogP contribution in [0.2, 0.25) is 5.02 Å². The van der Waals surface area contributed by atoms with Gasteiger partial charge in [0, 0.05) is 17.4 Å². The quantitative estimate of drug-likeness (QED) is 0.417. The predicted molar refractivity (Wildman–Crippen MR) is 131 cm³/mol. The van der Waals surface area contributed by atoms with Crippen LogP contribution >= 0.6 is 34.7 Å². The second kappa shape index (κ2) is 9.49. The fraction of sp³-hybridized carbons (Fsp3) is 0.320. The number of benzene rings is 1. The maximum atomic E-state index is 13.4. The fourth-order valence-electron chi connectivity index (χ4n) is 4.06. The summed E-state index contributed by atoms with van der Waals surface area (Å²) in [5.74, 6) is 0.783. The van der Waals surface area contributed by atoms with E-state index in [1.54, 1.807) is 6.07 Å². The van der Waals surface area contributed by atoms with Crippen LogP contribution in [0, 0.1) is 5.92 Å². The number of thioether (sulfide) groups is 1. The Morgan fingerprint density at radius 3 is 2.73 bits per heavy atom. The van der Waals surface area contributed by atoms with Gasteiger partial charge in [-0.2, -0.15) is 11.3 Å². The van der Waals surface area contributed by atoms with Gasteiger partial charge in [-0.1, -0.05) is 42.6 Å². The van der Waals surface area contributed by atoms with Crippen LogP contribution in [0.25, 0.3) is 0 Å². The number of halogens is 1. The lowest BCUT2D eigenvalue weighted by Gasteiger charge is -2.39. The molecule has 1 N–H and O–H groups in total. The Hall–Kier alpha value is -2.35. The minimum Gasteiger partial charge on any atom is -0.478 e. The Balaban J connectivity index is 1.43. The van der Waals surface area contributed by atoms with Gasteiger partial charge < -0.3 is 10.1 Å². The molecule has 5 rings (SSSR count). The Morgan fingerprint density at radius 2 is 2.00 bits per heavy atom. The molecule has 2 fully saturated rings. The van der Waals surface area contributed by atoms with Gasteiger partial charge in [0.15, 0.2) is 5.78 Å². The maximum absolute atomic E-state index is 13.4. The minimum atomic E-state index is -1.03. The van der Waals surface area contributed by atoms with Gasteiger partial charge in [-0.05, 0) is 52.9 Å².